The lowest BCUT2D eigenvalue weighted by molar-refractivity contribution is -0.134. The molecule has 102 valence electrons. The maximum absolute atomic E-state index is 12.1. The first-order chi connectivity index (χ1) is 8.08. The van der Waals surface area contributed by atoms with Gasteiger partial charge in [-0.2, -0.15) is 0 Å². The molecule has 0 aromatic heterocycles. The van der Waals surface area contributed by atoms with Crippen molar-refractivity contribution in [2.45, 2.75) is 52.5 Å². The van der Waals surface area contributed by atoms with Gasteiger partial charge >= 0.3 is 0 Å². The molecule has 4 heteroatoms. The molecule has 4 nitrogen and oxygen atoms in total. The predicted molar refractivity (Wildman–Crippen MR) is 70.6 cm³/mol. The summed E-state index contributed by atoms with van der Waals surface area (Å²) in [4.78, 5) is 13.8. The molecule has 0 aromatic carbocycles. The molecule has 0 heterocycles. The molecule has 0 rings (SSSR count). The monoisotopic (exact) mass is 244 g/mol. The summed E-state index contributed by atoms with van der Waals surface area (Å²) in [5.41, 5.74) is 5.93. The number of aliphatic hydroxyl groups excluding tert-OH is 1. The summed E-state index contributed by atoms with van der Waals surface area (Å²) >= 11 is 0. The average molecular weight is 244 g/mol. The number of hydrogen-bond donors (Lipinski definition) is 2. The summed E-state index contributed by atoms with van der Waals surface area (Å²) in [6.45, 7) is 7.26. The zero-order chi connectivity index (χ0) is 13.3. The first kappa shape index (κ1) is 16.4. The minimum Gasteiger partial charge on any atom is -0.395 e. The standard InChI is InChI=1S/C13H28N2O2/c1-4-6-7-8-15(9-10-16)13(17)12(14)11(3)5-2/h11-12,16H,4-10,14H2,1-3H3. The molecule has 0 fully saturated rings. The van der Waals surface area contributed by atoms with Crippen LogP contribution < -0.4 is 5.73 Å². The number of carbonyl (C=O) groups excluding carboxylic acids is 1. The van der Waals surface area contributed by atoms with E-state index in [1.54, 1.807) is 4.90 Å². The second-order valence-corrected chi connectivity index (χ2v) is 4.67. The highest BCUT2D eigenvalue weighted by molar-refractivity contribution is 5.81. The number of unbranched alkanes of at least 4 members (excludes halogenated alkanes) is 2. The van der Waals surface area contributed by atoms with Crippen LogP contribution in [0.3, 0.4) is 0 Å². The van der Waals surface area contributed by atoms with Gasteiger partial charge in [0.1, 0.15) is 0 Å². The van der Waals surface area contributed by atoms with Crippen molar-refractivity contribution in [3.63, 3.8) is 0 Å². The van der Waals surface area contributed by atoms with Gasteiger partial charge in [-0.05, 0) is 12.3 Å². The van der Waals surface area contributed by atoms with Gasteiger partial charge in [-0.25, -0.2) is 0 Å². The third kappa shape index (κ3) is 6.03. The molecule has 1 amide bonds. The highest BCUT2D eigenvalue weighted by Crippen LogP contribution is 2.09. The van der Waals surface area contributed by atoms with Gasteiger partial charge in [0.05, 0.1) is 12.6 Å². The van der Waals surface area contributed by atoms with Gasteiger partial charge in [0.15, 0.2) is 0 Å². The van der Waals surface area contributed by atoms with E-state index in [2.05, 4.69) is 6.92 Å². The lowest BCUT2D eigenvalue weighted by atomic mass is 9.99. The summed E-state index contributed by atoms with van der Waals surface area (Å²) in [7, 11) is 0. The normalized spacial score (nSPS) is 14.4. The average Bonchev–Trinajstić information content (AvgIpc) is 2.35. The van der Waals surface area contributed by atoms with Crippen LogP contribution in [0.15, 0.2) is 0 Å². The lowest BCUT2D eigenvalue weighted by Crippen LogP contribution is -2.48. The van der Waals surface area contributed by atoms with E-state index in [4.69, 9.17) is 10.8 Å². The van der Waals surface area contributed by atoms with E-state index < -0.39 is 6.04 Å². The summed E-state index contributed by atoms with van der Waals surface area (Å²) in [6.07, 6.45) is 4.11. The van der Waals surface area contributed by atoms with Crippen LogP contribution >= 0.6 is 0 Å². The molecule has 0 aliphatic carbocycles. The molecule has 3 N–H and O–H groups in total. The van der Waals surface area contributed by atoms with Crippen LogP contribution in [0.1, 0.15) is 46.5 Å². The molecule has 0 aliphatic heterocycles. The first-order valence-corrected chi connectivity index (χ1v) is 6.73. The third-order valence-electron chi connectivity index (χ3n) is 3.26. The Bertz CT molecular complexity index is 210. The Hall–Kier alpha value is -0.610. The Morgan fingerprint density at radius 3 is 2.41 bits per heavy atom. The first-order valence-electron chi connectivity index (χ1n) is 6.73. The Morgan fingerprint density at radius 2 is 1.94 bits per heavy atom. The van der Waals surface area contributed by atoms with Gasteiger partial charge in [0.25, 0.3) is 0 Å². The Labute approximate surface area is 105 Å². The van der Waals surface area contributed by atoms with Crippen LogP contribution in [0.4, 0.5) is 0 Å². The van der Waals surface area contributed by atoms with Crippen molar-refractivity contribution in [2.75, 3.05) is 19.7 Å². The number of carbonyl (C=O) groups is 1. The molecule has 2 unspecified atom stereocenters. The van der Waals surface area contributed by atoms with Crippen molar-refractivity contribution in [1.29, 1.82) is 0 Å². The van der Waals surface area contributed by atoms with Crippen LogP contribution in [-0.2, 0) is 4.79 Å². The molecular weight excluding hydrogens is 216 g/mol. The van der Waals surface area contributed by atoms with Crippen LogP contribution in [0, 0.1) is 5.92 Å². The van der Waals surface area contributed by atoms with Crippen LogP contribution in [0.2, 0.25) is 0 Å². The van der Waals surface area contributed by atoms with Crippen LogP contribution in [-0.4, -0.2) is 41.7 Å². The van der Waals surface area contributed by atoms with Gasteiger partial charge in [0, 0.05) is 13.1 Å². The molecule has 0 spiro atoms. The third-order valence-corrected chi connectivity index (χ3v) is 3.26. The quantitative estimate of drug-likeness (QED) is 0.602. The van der Waals surface area contributed by atoms with Gasteiger partial charge in [-0.1, -0.05) is 40.0 Å². The predicted octanol–water partition coefficient (Wildman–Crippen LogP) is 1.37. The molecular formula is C13H28N2O2. The highest BCUT2D eigenvalue weighted by Gasteiger charge is 2.24. The fourth-order valence-corrected chi connectivity index (χ4v) is 1.71. The summed E-state index contributed by atoms with van der Waals surface area (Å²) in [6, 6.07) is -0.437. The van der Waals surface area contributed by atoms with Crippen molar-refractivity contribution >= 4 is 5.91 Å². The minimum atomic E-state index is -0.437. The van der Waals surface area contributed by atoms with Crippen molar-refractivity contribution in [3.8, 4) is 0 Å². The van der Waals surface area contributed by atoms with E-state index in [-0.39, 0.29) is 18.4 Å². The number of amides is 1. The lowest BCUT2D eigenvalue weighted by Gasteiger charge is -2.27. The van der Waals surface area contributed by atoms with E-state index >= 15 is 0 Å². The van der Waals surface area contributed by atoms with Crippen molar-refractivity contribution in [3.05, 3.63) is 0 Å². The Morgan fingerprint density at radius 1 is 1.29 bits per heavy atom. The number of hydrogen-bond acceptors (Lipinski definition) is 3. The Balaban J connectivity index is 4.31. The second kappa shape index (κ2) is 9.42. The maximum atomic E-state index is 12.1. The molecule has 0 saturated carbocycles. The molecule has 0 radical (unpaired) electrons. The highest BCUT2D eigenvalue weighted by atomic mass is 16.3. The van der Waals surface area contributed by atoms with E-state index in [1.165, 1.54) is 0 Å². The van der Waals surface area contributed by atoms with E-state index in [1.807, 2.05) is 13.8 Å². The van der Waals surface area contributed by atoms with E-state index in [9.17, 15) is 4.79 Å². The van der Waals surface area contributed by atoms with E-state index in [0.29, 0.717) is 13.1 Å². The van der Waals surface area contributed by atoms with Crippen molar-refractivity contribution < 1.29 is 9.90 Å². The molecule has 0 aliphatic rings. The van der Waals surface area contributed by atoms with Gasteiger partial charge in [-0.3, -0.25) is 4.79 Å². The van der Waals surface area contributed by atoms with E-state index in [0.717, 1.165) is 25.7 Å². The van der Waals surface area contributed by atoms with Crippen LogP contribution in [0.25, 0.3) is 0 Å². The van der Waals surface area contributed by atoms with Gasteiger partial charge < -0.3 is 15.7 Å². The maximum Gasteiger partial charge on any atom is 0.239 e. The molecule has 0 bridgehead atoms. The van der Waals surface area contributed by atoms with Crippen molar-refractivity contribution in [2.24, 2.45) is 11.7 Å². The minimum absolute atomic E-state index is 0.00505. The Kier molecular flexibility index (Phi) is 9.09. The largest absolute Gasteiger partial charge is 0.395 e. The fourth-order valence-electron chi connectivity index (χ4n) is 1.71. The summed E-state index contributed by atoms with van der Waals surface area (Å²) in [5, 5.41) is 8.98. The summed E-state index contributed by atoms with van der Waals surface area (Å²) < 4.78 is 0. The smallest absolute Gasteiger partial charge is 0.239 e. The SMILES string of the molecule is CCCCCN(CCO)C(=O)C(N)C(C)CC. The van der Waals surface area contributed by atoms with Crippen molar-refractivity contribution in [1.82, 2.24) is 4.90 Å². The number of rotatable bonds is 9. The van der Waals surface area contributed by atoms with Crippen LogP contribution in [0.5, 0.6) is 0 Å². The fraction of sp³-hybridized carbons (Fsp3) is 0.923. The molecule has 2 atom stereocenters. The second-order valence-electron chi connectivity index (χ2n) is 4.67. The number of nitrogens with zero attached hydrogens (tertiary/aromatic N) is 1. The molecule has 0 aromatic rings. The number of aliphatic hydroxyl groups is 1. The zero-order valence-electron chi connectivity index (χ0n) is 11.5. The zero-order valence-corrected chi connectivity index (χ0v) is 11.5. The molecule has 0 saturated heterocycles. The van der Waals surface area contributed by atoms with Gasteiger partial charge in [0.2, 0.25) is 5.91 Å². The number of nitrogens with two attached hydrogens (primary N) is 1. The molecule has 17 heavy (non-hydrogen) atoms. The topological polar surface area (TPSA) is 66.6 Å². The van der Waals surface area contributed by atoms with Gasteiger partial charge in [-0.15, -0.1) is 0 Å². The summed E-state index contributed by atoms with van der Waals surface area (Å²) in [5.74, 6) is 0.166.